The van der Waals surface area contributed by atoms with Crippen molar-refractivity contribution >= 4 is 39.4 Å². The lowest BCUT2D eigenvalue weighted by Gasteiger charge is -2.26. The Labute approximate surface area is 186 Å². The number of nitroso groups, excluding NO2 is 1. The number of aromatic amines is 1. The zero-order chi connectivity index (χ0) is 22.2. The quantitative estimate of drug-likeness (QED) is 0.313. The number of anilines is 1. The third kappa shape index (κ3) is 3.10. The number of halogens is 1. The smallest absolute Gasteiger partial charge is 0.264 e. The van der Waals surface area contributed by atoms with E-state index in [-0.39, 0.29) is 11.4 Å². The van der Waals surface area contributed by atoms with E-state index in [0.717, 1.165) is 0 Å². The van der Waals surface area contributed by atoms with Gasteiger partial charge in [0.2, 0.25) is 0 Å². The summed E-state index contributed by atoms with van der Waals surface area (Å²) in [7, 11) is 0. The van der Waals surface area contributed by atoms with Crippen molar-refractivity contribution in [3.05, 3.63) is 93.2 Å². The molecule has 2 aromatic carbocycles. The van der Waals surface area contributed by atoms with E-state index < -0.39 is 6.04 Å². The Morgan fingerprint density at radius 2 is 1.91 bits per heavy atom. The highest BCUT2D eigenvalue weighted by molar-refractivity contribution is 6.35. The van der Waals surface area contributed by atoms with Gasteiger partial charge in [0.15, 0.2) is 11.5 Å². The van der Waals surface area contributed by atoms with Gasteiger partial charge in [0.25, 0.3) is 5.56 Å². The fourth-order valence-electron chi connectivity index (χ4n) is 3.83. The monoisotopic (exact) mass is 445 g/mol. The van der Waals surface area contributed by atoms with Gasteiger partial charge in [-0.2, -0.15) is 0 Å². The van der Waals surface area contributed by atoms with Crippen LogP contribution in [0.5, 0.6) is 0 Å². The number of nitrogens with zero attached hydrogens (tertiary/aromatic N) is 6. The van der Waals surface area contributed by atoms with Crippen LogP contribution in [-0.2, 0) is 0 Å². The summed E-state index contributed by atoms with van der Waals surface area (Å²) >= 11 is 6.37. The average molecular weight is 446 g/mol. The van der Waals surface area contributed by atoms with Crippen molar-refractivity contribution in [3.8, 4) is 5.69 Å². The van der Waals surface area contributed by atoms with Gasteiger partial charge >= 0.3 is 0 Å². The van der Waals surface area contributed by atoms with Crippen LogP contribution in [0.15, 0.2) is 77.3 Å². The van der Waals surface area contributed by atoms with Gasteiger partial charge in [-0.1, -0.05) is 41.9 Å². The predicted octanol–water partition coefficient (Wildman–Crippen LogP) is 4.56. The minimum Gasteiger partial charge on any atom is -0.340 e. The van der Waals surface area contributed by atoms with Crippen molar-refractivity contribution in [2.45, 2.75) is 13.0 Å². The summed E-state index contributed by atoms with van der Waals surface area (Å²) in [6.07, 6.45) is 2.78. The highest BCUT2D eigenvalue weighted by atomic mass is 35.5. The minimum absolute atomic E-state index is 0.258. The molecule has 3 heterocycles. The maximum absolute atomic E-state index is 13.6. The molecule has 9 nitrogen and oxygen atoms in total. The lowest BCUT2D eigenvalue weighted by Crippen LogP contribution is -2.30. The molecule has 0 saturated heterocycles. The summed E-state index contributed by atoms with van der Waals surface area (Å²) in [4.78, 5) is 41.0. The minimum atomic E-state index is -0.662. The molecule has 0 radical (unpaired) electrons. The molecule has 5 aromatic rings. The first-order chi connectivity index (χ1) is 15.6. The third-order valence-electron chi connectivity index (χ3n) is 5.34. The summed E-state index contributed by atoms with van der Waals surface area (Å²) in [5.74, 6) is 0.258. The number of fused-ring (bicyclic) bond motifs is 2. The van der Waals surface area contributed by atoms with Crippen LogP contribution < -0.4 is 10.6 Å². The second kappa shape index (κ2) is 7.86. The molecule has 0 fully saturated rings. The van der Waals surface area contributed by atoms with Crippen molar-refractivity contribution in [1.29, 1.82) is 0 Å². The first-order valence-corrected chi connectivity index (χ1v) is 10.1. The number of para-hydroxylation sites is 1. The summed E-state index contributed by atoms with van der Waals surface area (Å²) in [5.41, 5.74) is 1.77. The Hall–Kier alpha value is -4.11. The van der Waals surface area contributed by atoms with Gasteiger partial charge in [-0.3, -0.25) is 9.36 Å². The van der Waals surface area contributed by atoms with Crippen LogP contribution in [0.2, 0.25) is 5.02 Å². The first-order valence-electron chi connectivity index (χ1n) is 9.76. The van der Waals surface area contributed by atoms with Crippen molar-refractivity contribution in [2.24, 2.45) is 5.29 Å². The molecule has 10 heteroatoms. The number of imidazole rings is 1. The zero-order valence-corrected chi connectivity index (χ0v) is 17.6. The molecule has 0 amide bonds. The van der Waals surface area contributed by atoms with Crippen LogP contribution >= 0.6 is 11.6 Å². The Kier molecular flexibility index (Phi) is 4.87. The van der Waals surface area contributed by atoms with Crippen LogP contribution in [0.25, 0.3) is 27.6 Å². The molecular formula is C22H16ClN7O2. The standard InChI is InChI=1S/C22H16ClN7O2/c1-13(30(28-32)21-19-20(25-11-24-19)26-12-27-21)17-10-14-6-5-9-16(23)18(14)22(31)29(17)15-7-3-2-4-8-15/h2-13H,1H3,(H,24,25,26,27)/t13-/m0/s1. The molecule has 32 heavy (non-hydrogen) atoms. The summed E-state index contributed by atoms with van der Waals surface area (Å²) in [6.45, 7) is 1.77. The molecule has 0 aliphatic carbocycles. The van der Waals surface area contributed by atoms with Gasteiger partial charge in [0, 0.05) is 5.69 Å². The lowest BCUT2D eigenvalue weighted by atomic mass is 10.1. The fraction of sp³-hybridized carbons (Fsp3) is 0.0909. The maximum atomic E-state index is 13.6. The second-order valence-electron chi connectivity index (χ2n) is 7.15. The van der Waals surface area contributed by atoms with Crippen molar-refractivity contribution in [3.63, 3.8) is 0 Å². The van der Waals surface area contributed by atoms with Gasteiger partial charge in [-0.25, -0.2) is 20.0 Å². The third-order valence-corrected chi connectivity index (χ3v) is 5.66. The van der Waals surface area contributed by atoms with Gasteiger partial charge in [-0.15, -0.1) is 4.91 Å². The van der Waals surface area contributed by atoms with Crippen LogP contribution in [0, 0.1) is 4.91 Å². The first kappa shape index (κ1) is 19.8. The van der Waals surface area contributed by atoms with E-state index in [1.54, 1.807) is 23.6 Å². The Balaban J connectivity index is 1.78. The Morgan fingerprint density at radius 3 is 2.69 bits per heavy atom. The number of hydrogen-bond donors (Lipinski definition) is 1. The van der Waals surface area contributed by atoms with Gasteiger partial charge in [0.05, 0.1) is 33.8 Å². The molecule has 0 saturated carbocycles. The Bertz CT molecular complexity index is 1510. The van der Waals surface area contributed by atoms with E-state index in [1.165, 1.54) is 17.7 Å². The normalized spacial score (nSPS) is 12.2. The van der Waals surface area contributed by atoms with E-state index in [4.69, 9.17) is 11.6 Å². The highest BCUT2D eigenvalue weighted by Crippen LogP contribution is 2.32. The average Bonchev–Trinajstić information content (AvgIpc) is 3.29. The largest absolute Gasteiger partial charge is 0.340 e. The SMILES string of the molecule is C[C@@H](c1cc2cccc(Cl)c2c(=O)n1-c1ccccc1)N(N=O)c1ncnc2nc[nH]c12. The maximum Gasteiger partial charge on any atom is 0.264 e. The van der Waals surface area contributed by atoms with Crippen LogP contribution in [0.1, 0.15) is 18.7 Å². The van der Waals surface area contributed by atoms with E-state index in [0.29, 0.717) is 38.3 Å². The van der Waals surface area contributed by atoms with E-state index in [1.807, 2.05) is 42.5 Å². The second-order valence-corrected chi connectivity index (χ2v) is 7.56. The molecule has 0 aliphatic heterocycles. The molecule has 0 bridgehead atoms. The molecule has 0 aliphatic rings. The molecule has 3 aromatic heterocycles. The number of rotatable bonds is 5. The van der Waals surface area contributed by atoms with Crippen molar-refractivity contribution in [1.82, 2.24) is 24.5 Å². The topological polar surface area (TPSA) is 109 Å². The van der Waals surface area contributed by atoms with E-state index >= 15 is 0 Å². The van der Waals surface area contributed by atoms with E-state index in [2.05, 4.69) is 25.2 Å². The molecule has 0 unspecified atom stereocenters. The number of aromatic nitrogens is 5. The number of hydrogen-bond acceptors (Lipinski definition) is 6. The molecule has 5 rings (SSSR count). The predicted molar refractivity (Wildman–Crippen MR) is 123 cm³/mol. The molecule has 1 atom stereocenters. The zero-order valence-electron chi connectivity index (χ0n) is 16.8. The van der Waals surface area contributed by atoms with Crippen molar-refractivity contribution in [2.75, 3.05) is 5.01 Å². The Morgan fingerprint density at radius 1 is 1.09 bits per heavy atom. The van der Waals surface area contributed by atoms with Gasteiger partial charge in [-0.05, 0) is 36.6 Å². The number of pyridine rings is 1. The van der Waals surface area contributed by atoms with Gasteiger partial charge in [0.1, 0.15) is 11.8 Å². The van der Waals surface area contributed by atoms with Crippen LogP contribution in [0.4, 0.5) is 5.82 Å². The molecule has 1 N–H and O–H groups in total. The molecular weight excluding hydrogens is 430 g/mol. The molecule has 0 spiro atoms. The summed E-state index contributed by atoms with van der Waals surface area (Å²) in [6, 6.07) is 15.6. The highest BCUT2D eigenvalue weighted by Gasteiger charge is 2.26. The van der Waals surface area contributed by atoms with Crippen LogP contribution in [0.3, 0.4) is 0 Å². The lowest BCUT2D eigenvalue weighted by molar-refractivity contribution is 0.645. The van der Waals surface area contributed by atoms with Gasteiger partial charge < -0.3 is 4.98 Å². The van der Waals surface area contributed by atoms with E-state index in [9.17, 15) is 9.70 Å². The van der Waals surface area contributed by atoms with Crippen molar-refractivity contribution < 1.29 is 0 Å². The van der Waals surface area contributed by atoms with Crippen LogP contribution in [-0.4, -0.2) is 24.5 Å². The molecule has 158 valence electrons. The number of benzene rings is 2. The summed E-state index contributed by atoms with van der Waals surface area (Å²) in [5, 5.41) is 5.85. The number of nitrogens with one attached hydrogen (secondary N) is 1. The fourth-order valence-corrected chi connectivity index (χ4v) is 4.10. The number of H-pyrrole nitrogens is 1. The summed E-state index contributed by atoms with van der Waals surface area (Å²) < 4.78 is 1.54.